The van der Waals surface area contributed by atoms with E-state index < -0.39 is 12.0 Å². The van der Waals surface area contributed by atoms with Gasteiger partial charge in [0.15, 0.2) is 0 Å². The van der Waals surface area contributed by atoms with Gasteiger partial charge in [-0.3, -0.25) is 14.7 Å². The number of hydrogen-bond acceptors (Lipinski definition) is 4. The predicted octanol–water partition coefficient (Wildman–Crippen LogP) is 6.06. The quantitative estimate of drug-likeness (QED) is 0.397. The topological polar surface area (TPSA) is 62.7 Å². The van der Waals surface area contributed by atoms with Crippen molar-refractivity contribution in [3.8, 4) is 11.5 Å². The molecule has 0 radical (unpaired) electrons. The summed E-state index contributed by atoms with van der Waals surface area (Å²) in [7, 11) is 0. The van der Waals surface area contributed by atoms with Crippen molar-refractivity contribution in [1.29, 1.82) is 0 Å². The smallest absolute Gasteiger partial charge is 0.320 e. The molecule has 2 atom stereocenters. The van der Waals surface area contributed by atoms with E-state index in [1.807, 2.05) is 85.1 Å². The molecule has 2 unspecified atom stereocenters. The average molecular weight is 439 g/mol. The lowest BCUT2D eigenvalue weighted by molar-refractivity contribution is -0.145. The van der Waals surface area contributed by atoms with Crippen LogP contribution >= 0.6 is 0 Å². The number of likely N-dealkylation sites (tertiary alicyclic amines) is 1. The minimum Gasteiger partial charge on any atom is -0.480 e. The van der Waals surface area contributed by atoms with E-state index >= 15 is 0 Å². The number of carboxylic acid groups (broad SMARTS) is 1. The van der Waals surface area contributed by atoms with Gasteiger partial charge in [-0.15, -0.1) is 0 Å². The standard InChI is InChI=1S/C28H26N2O3/c31-28(32)26-15-6-7-16-30(26)27(22-17-20-9-4-5-14-25(20)29-19-22)21-10-8-13-24(18-21)33-23-11-2-1-3-12-23/h1-5,8-14,17-19,26-27H,6-7,15-16H2,(H,31,32). The van der Waals surface area contributed by atoms with Crippen molar-refractivity contribution in [3.05, 3.63) is 102 Å². The molecule has 0 bridgehead atoms. The molecule has 1 aliphatic rings. The first-order chi connectivity index (χ1) is 16.2. The largest absolute Gasteiger partial charge is 0.480 e. The molecule has 0 spiro atoms. The van der Waals surface area contributed by atoms with Crippen LogP contribution in [0.3, 0.4) is 0 Å². The number of ether oxygens (including phenoxy) is 1. The fraction of sp³-hybridized carbons (Fsp3) is 0.214. The molecule has 33 heavy (non-hydrogen) atoms. The summed E-state index contributed by atoms with van der Waals surface area (Å²) in [5, 5.41) is 11.0. The van der Waals surface area contributed by atoms with Gasteiger partial charge in [0, 0.05) is 11.6 Å². The average Bonchev–Trinajstić information content (AvgIpc) is 2.85. The van der Waals surface area contributed by atoms with Gasteiger partial charge in [0.25, 0.3) is 0 Å². The van der Waals surface area contributed by atoms with Crippen molar-refractivity contribution in [3.63, 3.8) is 0 Å². The van der Waals surface area contributed by atoms with Crippen LogP contribution in [0.1, 0.15) is 36.4 Å². The number of para-hydroxylation sites is 2. The fourth-order valence-electron chi connectivity index (χ4n) is 4.71. The maximum atomic E-state index is 12.2. The number of benzene rings is 3. The molecule has 5 nitrogen and oxygen atoms in total. The Kier molecular flexibility index (Phi) is 6.05. The summed E-state index contributed by atoms with van der Waals surface area (Å²) in [5.74, 6) is 0.714. The van der Waals surface area contributed by atoms with Crippen LogP contribution in [0.4, 0.5) is 0 Å². The normalized spacial score (nSPS) is 17.5. The van der Waals surface area contributed by atoms with Crippen LogP contribution < -0.4 is 4.74 Å². The number of fused-ring (bicyclic) bond motifs is 1. The first kappa shape index (κ1) is 21.2. The molecule has 5 rings (SSSR count). The van der Waals surface area contributed by atoms with Gasteiger partial charge in [-0.2, -0.15) is 0 Å². The Labute approximate surface area is 193 Å². The highest BCUT2D eigenvalue weighted by Crippen LogP contribution is 2.36. The summed E-state index contributed by atoms with van der Waals surface area (Å²) in [6.45, 7) is 0.720. The molecule has 0 amide bonds. The number of aromatic nitrogens is 1. The van der Waals surface area contributed by atoms with E-state index in [0.29, 0.717) is 6.42 Å². The van der Waals surface area contributed by atoms with Crippen LogP contribution in [0.5, 0.6) is 11.5 Å². The third-order valence-electron chi connectivity index (χ3n) is 6.24. The Morgan fingerprint density at radius 2 is 1.70 bits per heavy atom. The molecule has 0 saturated carbocycles. The highest BCUT2D eigenvalue weighted by Gasteiger charge is 2.35. The minimum atomic E-state index is -0.773. The third-order valence-corrected chi connectivity index (χ3v) is 6.24. The maximum absolute atomic E-state index is 12.2. The van der Waals surface area contributed by atoms with Crippen molar-refractivity contribution in [1.82, 2.24) is 9.88 Å². The van der Waals surface area contributed by atoms with E-state index in [2.05, 4.69) is 16.0 Å². The van der Waals surface area contributed by atoms with E-state index in [1.165, 1.54) is 0 Å². The van der Waals surface area contributed by atoms with Crippen LogP contribution in [0.25, 0.3) is 10.9 Å². The van der Waals surface area contributed by atoms with Gasteiger partial charge in [-0.25, -0.2) is 0 Å². The Hall–Kier alpha value is -3.70. The van der Waals surface area contributed by atoms with Crippen molar-refractivity contribution >= 4 is 16.9 Å². The zero-order chi connectivity index (χ0) is 22.6. The summed E-state index contributed by atoms with van der Waals surface area (Å²) >= 11 is 0. The molecule has 0 aliphatic carbocycles. The van der Waals surface area contributed by atoms with Crippen LogP contribution in [0.15, 0.2) is 91.1 Å². The maximum Gasteiger partial charge on any atom is 0.320 e. The Bertz CT molecular complexity index is 1260. The SMILES string of the molecule is O=C(O)C1CCCCN1C(c1cccc(Oc2ccccc2)c1)c1cnc2ccccc2c1. The Morgan fingerprint density at radius 3 is 2.55 bits per heavy atom. The number of aliphatic carboxylic acids is 1. The molecule has 1 saturated heterocycles. The molecule has 1 aromatic heterocycles. The van der Waals surface area contributed by atoms with Crippen LogP contribution in [0, 0.1) is 0 Å². The van der Waals surface area contributed by atoms with Crippen LogP contribution in [-0.4, -0.2) is 33.5 Å². The number of carbonyl (C=O) groups is 1. The first-order valence-corrected chi connectivity index (χ1v) is 11.4. The van der Waals surface area contributed by atoms with E-state index in [1.54, 1.807) is 0 Å². The van der Waals surface area contributed by atoms with Gasteiger partial charge >= 0.3 is 5.97 Å². The van der Waals surface area contributed by atoms with Crippen molar-refractivity contribution < 1.29 is 14.6 Å². The van der Waals surface area contributed by atoms with Crippen molar-refractivity contribution in [2.24, 2.45) is 0 Å². The number of carboxylic acids is 1. The van der Waals surface area contributed by atoms with Crippen LogP contribution in [-0.2, 0) is 4.79 Å². The summed E-state index contributed by atoms with van der Waals surface area (Å²) in [5.41, 5.74) is 2.90. The summed E-state index contributed by atoms with van der Waals surface area (Å²) in [6.07, 6.45) is 4.42. The second-order valence-corrected chi connectivity index (χ2v) is 8.44. The van der Waals surface area contributed by atoms with Gasteiger partial charge in [0.2, 0.25) is 0 Å². The van der Waals surface area contributed by atoms with E-state index in [4.69, 9.17) is 4.74 Å². The van der Waals surface area contributed by atoms with Gasteiger partial charge in [-0.05, 0) is 66.9 Å². The zero-order valence-corrected chi connectivity index (χ0v) is 18.3. The molecule has 166 valence electrons. The predicted molar refractivity (Wildman–Crippen MR) is 129 cm³/mol. The number of nitrogens with zero attached hydrogens (tertiary/aromatic N) is 2. The van der Waals surface area contributed by atoms with E-state index in [9.17, 15) is 9.90 Å². The molecule has 5 heteroatoms. The summed E-state index contributed by atoms with van der Waals surface area (Å²) in [4.78, 5) is 19.0. The molecule has 1 aliphatic heterocycles. The lowest BCUT2D eigenvalue weighted by Gasteiger charge is -2.39. The van der Waals surface area contributed by atoms with Crippen molar-refractivity contribution in [2.75, 3.05) is 6.54 Å². The second kappa shape index (κ2) is 9.43. The van der Waals surface area contributed by atoms with Gasteiger partial charge < -0.3 is 9.84 Å². The number of rotatable bonds is 6. The Balaban J connectivity index is 1.59. The zero-order valence-electron chi connectivity index (χ0n) is 18.3. The summed E-state index contributed by atoms with van der Waals surface area (Å²) < 4.78 is 6.09. The first-order valence-electron chi connectivity index (χ1n) is 11.4. The Morgan fingerprint density at radius 1 is 0.909 bits per heavy atom. The highest BCUT2D eigenvalue weighted by atomic mass is 16.5. The molecule has 2 heterocycles. The number of piperidine rings is 1. The van der Waals surface area contributed by atoms with Gasteiger partial charge in [0.05, 0.1) is 11.6 Å². The number of pyridine rings is 1. The molecule has 4 aromatic rings. The highest BCUT2D eigenvalue weighted by molar-refractivity contribution is 5.79. The monoisotopic (exact) mass is 438 g/mol. The minimum absolute atomic E-state index is 0.233. The third kappa shape index (κ3) is 4.59. The van der Waals surface area contributed by atoms with Gasteiger partial charge in [-0.1, -0.05) is 55.0 Å². The molecule has 1 fully saturated rings. The summed E-state index contributed by atoms with van der Waals surface area (Å²) in [6, 6.07) is 27.0. The van der Waals surface area contributed by atoms with Gasteiger partial charge in [0.1, 0.15) is 17.5 Å². The molecule has 3 aromatic carbocycles. The van der Waals surface area contributed by atoms with Crippen LogP contribution in [0.2, 0.25) is 0 Å². The lowest BCUT2D eigenvalue weighted by Crippen LogP contribution is -2.46. The van der Waals surface area contributed by atoms with E-state index in [-0.39, 0.29) is 6.04 Å². The van der Waals surface area contributed by atoms with Crippen molar-refractivity contribution in [2.45, 2.75) is 31.3 Å². The second-order valence-electron chi connectivity index (χ2n) is 8.44. The molecular weight excluding hydrogens is 412 g/mol. The van der Waals surface area contributed by atoms with E-state index in [0.717, 1.165) is 52.9 Å². The fourth-order valence-corrected chi connectivity index (χ4v) is 4.71. The molecular formula is C28H26N2O3. The molecule has 1 N–H and O–H groups in total. The lowest BCUT2D eigenvalue weighted by atomic mass is 9.92. The number of hydrogen-bond donors (Lipinski definition) is 1.